The topological polar surface area (TPSA) is 87.8 Å². The monoisotopic (exact) mass is 252 g/mol. The lowest BCUT2D eigenvalue weighted by molar-refractivity contribution is 0.396. The molecule has 1 aliphatic heterocycles. The Morgan fingerprint density at radius 3 is 2.80 bits per heavy atom. The van der Waals surface area contributed by atoms with Crippen molar-refractivity contribution in [3.05, 3.63) is 0 Å². The number of guanidine groups is 1. The fourth-order valence-electron chi connectivity index (χ4n) is 1.45. The molecule has 15 heavy (non-hydrogen) atoms. The van der Waals surface area contributed by atoms with E-state index >= 15 is 0 Å². The molecule has 88 valence electrons. The number of nitrogens with two attached hydrogens (primary N) is 1. The molecule has 1 atom stereocenters. The molecule has 8 heteroatoms. The lowest BCUT2D eigenvalue weighted by Crippen LogP contribution is -2.55. The Labute approximate surface area is 94.2 Å². The summed E-state index contributed by atoms with van der Waals surface area (Å²) in [4.78, 5) is 5.63. The smallest absolute Gasteiger partial charge is 0.209 e. The first-order valence-corrected chi connectivity index (χ1v) is 7.58. The van der Waals surface area contributed by atoms with Crippen LogP contribution in [-0.4, -0.2) is 56.0 Å². The van der Waals surface area contributed by atoms with Gasteiger partial charge in [-0.2, -0.15) is 11.8 Å². The first kappa shape index (κ1) is 12.6. The van der Waals surface area contributed by atoms with Crippen molar-refractivity contribution in [1.82, 2.24) is 10.3 Å². The summed E-state index contributed by atoms with van der Waals surface area (Å²) in [5, 5.41) is -0.536. The number of rotatable bonds is 1. The SMILES string of the molecule is CN=C(NN)N1CCSCC1S(C)(=O)=O. The van der Waals surface area contributed by atoms with Crippen LogP contribution < -0.4 is 11.3 Å². The second kappa shape index (κ2) is 5.04. The van der Waals surface area contributed by atoms with E-state index in [0.29, 0.717) is 18.3 Å². The van der Waals surface area contributed by atoms with Gasteiger partial charge in [0.25, 0.3) is 0 Å². The average Bonchev–Trinajstić information content (AvgIpc) is 2.19. The number of hydrogen-bond acceptors (Lipinski definition) is 5. The number of sulfone groups is 1. The van der Waals surface area contributed by atoms with E-state index in [1.807, 2.05) is 0 Å². The maximum absolute atomic E-state index is 11.6. The van der Waals surface area contributed by atoms with Crippen molar-refractivity contribution in [2.75, 3.05) is 31.4 Å². The molecule has 0 radical (unpaired) electrons. The molecule has 1 rings (SSSR count). The van der Waals surface area contributed by atoms with Gasteiger partial charge in [-0.05, 0) is 0 Å². The van der Waals surface area contributed by atoms with Crippen molar-refractivity contribution in [3.63, 3.8) is 0 Å². The molecule has 1 heterocycles. The molecule has 6 nitrogen and oxygen atoms in total. The third-order valence-electron chi connectivity index (χ3n) is 2.19. The Hall–Kier alpha value is -0.470. The standard InChI is InChI=1S/C7H16N4O2S2/c1-9-7(10-8)11-3-4-14-5-6(11)15(2,12)13/h6H,3-5,8H2,1-2H3,(H,9,10). The lowest BCUT2D eigenvalue weighted by Gasteiger charge is -2.35. The highest BCUT2D eigenvalue weighted by Crippen LogP contribution is 2.20. The number of nitrogens with zero attached hydrogens (tertiary/aromatic N) is 2. The van der Waals surface area contributed by atoms with E-state index in [9.17, 15) is 8.42 Å². The Bertz CT molecular complexity index is 341. The van der Waals surface area contributed by atoms with Crippen LogP contribution in [0.4, 0.5) is 0 Å². The predicted octanol–water partition coefficient (Wildman–Crippen LogP) is -1.14. The second-order valence-electron chi connectivity index (χ2n) is 3.24. The molecular weight excluding hydrogens is 236 g/mol. The zero-order valence-corrected chi connectivity index (χ0v) is 10.4. The van der Waals surface area contributed by atoms with Gasteiger partial charge in [-0.1, -0.05) is 0 Å². The van der Waals surface area contributed by atoms with Crippen molar-refractivity contribution in [2.45, 2.75) is 5.37 Å². The van der Waals surface area contributed by atoms with Gasteiger partial charge in [-0.3, -0.25) is 10.4 Å². The van der Waals surface area contributed by atoms with Crippen LogP contribution in [0.1, 0.15) is 0 Å². The van der Waals surface area contributed by atoms with Gasteiger partial charge >= 0.3 is 0 Å². The number of nitrogens with one attached hydrogen (secondary N) is 1. The minimum absolute atomic E-state index is 0.422. The molecule has 0 aliphatic carbocycles. The van der Waals surface area contributed by atoms with Crippen LogP contribution >= 0.6 is 11.8 Å². The second-order valence-corrected chi connectivity index (χ2v) is 6.60. The molecule has 1 saturated heterocycles. The molecule has 1 unspecified atom stereocenters. The number of thioether (sulfide) groups is 1. The van der Waals surface area contributed by atoms with E-state index in [-0.39, 0.29) is 0 Å². The van der Waals surface area contributed by atoms with Crippen molar-refractivity contribution >= 4 is 27.6 Å². The molecule has 0 aromatic heterocycles. The highest BCUT2D eigenvalue weighted by atomic mass is 32.2. The lowest BCUT2D eigenvalue weighted by atomic mass is 10.5. The van der Waals surface area contributed by atoms with E-state index in [1.165, 1.54) is 6.26 Å². The molecule has 0 saturated carbocycles. The number of aliphatic imine (C=N–C) groups is 1. The zero-order valence-electron chi connectivity index (χ0n) is 8.80. The fourth-order valence-corrected chi connectivity index (χ4v) is 4.27. The molecule has 0 aromatic carbocycles. The summed E-state index contributed by atoms with van der Waals surface area (Å²) in [6.45, 7) is 0.638. The summed E-state index contributed by atoms with van der Waals surface area (Å²) >= 11 is 1.63. The average molecular weight is 252 g/mol. The quantitative estimate of drug-likeness (QED) is 0.265. The van der Waals surface area contributed by atoms with Crippen LogP contribution in [0.2, 0.25) is 0 Å². The van der Waals surface area contributed by atoms with Crippen LogP contribution in [0.3, 0.4) is 0 Å². The largest absolute Gasteiger partial charge is 0.323 e. The van der Waals surface area contributed by atoms with Crippen LogP contribution in [0.5, 0.6) is 0 Å². The van der Waals surface area contributed by atoms with Crippen molar-refractivity contribution in [1.29, 1.82) is 0 Å². The van der Waals surface area contributed by atoms with Crippen molar-refractivity contribution in [3.8, 4) is 0 Å². The van der Waals surface area contributed by atoms with Crippen molar-refractivity contribution in [2.24, 2.45) is 10.8 Å². The molecule has 0 amide bonds. The van der Waals surface area contributed by atoms with Gasteiger partial charge in [0, 0.05) is 31.4 Å². The van der Waals surface area contributed by atoms with E-state index in [0.717, 1.165) is 5.75 Å². The number of hydrogen-bond donors (Lipinski definition) is 2. The van der Waals surface area contributed by atoms with Gasteiger partial charge in [0.1, 0.15) is 5.37 Å². The van der Waals surface area contributed by atoms with E-state index in [4.69, 9.17) is 5.84 Å². The molecule has 3 N–H and O–H groups in total. The van der Waals surface area contributed by atoms with Crippen LogP contribution in [0.15, 0.2) is 4.99 Å². The summed E-state index contributed by atoms with van der Waals surface area (Å²) in [5.74, 6) is 7.15. The van der Waals surface area contributed by atoms with Gasteiger partial charge in [0.05, 0.1) is 0 Å². The summed E-state index contributed by atoms with van der Waals surface area (Å²) in [5.41, 5.74) is 2.43. The molecule has 1 aliphatic rings. The minimum atomic E-state index is -3.11. The van der Waals surface area contributed by atoms with Crippen LogP contribution in [0.25, 0.3) is 0 Å². The van der Waals surface area contributed by atoms with E-state index in [2.05, 4.69) is 10.4 Å². The minimum Gasteiger partial charge on any atom is -0.323 e. The normalized spacial score (nSPS) is 24.1. The predicted molar refractivity (Wildman–Crippen MR) is 63.3 cm³/mol. The van der Waals surface area contributed by atoms with Gasteiger partial charge in [-0.15, -0.1) is 0 Å². The first-order valence-electron chi connectivity index (χ1n) is 4.47. The first-order chi connectivity index (χ1) is 7.00. The molecule has 0 aromatic rings. The Balaban J connectivity index is 2.93. The van der Waals surface area contributed by atoms with Crippen LogP contribution in [-0.2, 0) is 9.84 Å². The van der Waals surface area contributed by atoms with E-state index in [1.54, 1.807) is 23.7 Å². The van der Waals surface area contributed by atoms with E-state index < -0.39 is 15.2 Å². The van der Waals surface area contributed by atoms with Crippen LogP contribution in [0, 0.1) is 0 Å². The summed E-state index contributed by atoms with van der Waals surface area (Å²) in [6, 6.07) is 0. The summed E-state index contributed by atoms with van der Waals surface area (Å²) in [6.07, 6.45) is 1.24. The Kier molecular flexibility index (Phi) is 4.23. The zero-order chi connectivity index (χ0) is 11.5. The van der Waals surface area contributed by atoms with Gasteiger partial charge < -0.3 is 4.90 Å². The highest BCUT2D eigenvalue weighted by Gasteiger charge is 2.32. The molecule has 1 fully saturated rings. The third-order valence-corrected chi connectivity index (χ3v) is 4.84. The maximum Gasteiger partial charge on any atom is 0.209 e. The third kappa shape index (κ3) is 2.99. The summed E-state index contributed by atoms with van der Waals surface area (Å²) < 4.78 is 23.1. The summed E-state index contributed by atoms with van der Waals surface area (Å²) in [7, 11) is -1.53. The van der Waals surface area contributed by atoms with Gasteiger partial charge in [0.15, 0.2) is 9.84 Å². The maximum atomic E-state index is 11.6. The molecular formula is C7H16N4O2S2. The van der Waals surface area contributed by atoms with Crippen molar-refractivity contribution < 1.29 is 8.42 Å². The highest BCUT2D eigenvalue weighted by molar-refractivity contribution is 8.00. The Morgan fingerprint density at radius 2 is 2.33 bits per heavy atom. The molecule has 0 bridgehead atoms. The van der Waals surface area contributed by atoms with Gasteiger partial charge in [-0.25, -0.2) is 14.3 Å². The van der Waals surface area contributed by atoms with Gasteiger partial charge in [0.2, 0.25) is 5.96 Å². The fraction of sp³-hybridized carbons (Fsp3) is 0.857. The number of hydrazine groups is 1. The Morgan fingerprint density at radius 1 is 1.67 bits per heavy atom. The molecule has 0 spiro atoms.